The van der Waals surface area contributed by atoms with Crippen LogP contribution in [0, 0.1) is 0 Å². The van der Waals surface area contributed by atoms with Crippen LogP contribution >= 0.6 is 0 Å². The molecule has 0 saturated carbocycles. The molecule has 0 aliphatic rings. The topological polar surface area (TPSA) is 59.1 Å². The lowest BCUT2D eigenvalue weighted by Gasteiger charge is -2.09. The molecule has 0 unspecified atom stereocenters. The van der Waals surface area contributed by atoms with Crippen LogP contribution < -0.4 is 5.73 Å². The molecule has 104 valence electrons. The van der Waals surface area contributed by atoms with E-state index in [0.29, 0.717) is 5.82 Å². The Morgan fingerprint density at radius 1 is 0.857 bits per heavy atom. The third-order valence-corrected chi connectivity index (χ3v) is 3.47. The van der Waals surface area contributed by atoms with Gasteiger partial charge in [-0.05, 0) is 22.8 Å². The summed E-state index contributed by atoms with van der Waals surface area (Å²) in [5, 5.41) is 9.11. The largest absolute Gasteiger partial charge is 0.392 e. The first-order chi connectivity index (χ1) is 10.3. The van der Waals surface area contributed by atoms with E-state index in [2.05, 4.69) is 4.98 Å². The van der Waals surface area contributed by atoms with Crippen molar-refractivity contribution in [2.24, 2.45) is 0 Å². The number of nitrogen functional groups attached to an aromatic ring is 1. The normalized spacial score (nSPS) is 10.5. The Labute approximate surface area is 123 Å². The molecule has 1 heterocycles. The van der Waals surface area contributed by atoms with Crippen molar-refractivity contribution in [3.8, 4) is 22.3 Å². The molecule has 0 atom stereocenters. The number of hydrogen-bond acceptors (Lipinski definition) is 3. The Hall–Kier alpha value is -2.65. The van der Waals surface area contributed by atoms with Gasteiger partial charge in [0.05, 0.1) is 6.61 Å². The van der Waals surface area contributed by atoms with Crippen LogP contribution in [0.2, 0.25) is 0 Å². The minimum absolute atomic E-state index is 0.0397. The molecule has 3 N–H and O–H groups in total. The lowest BCUT2D eigenvalue weighted by molar-refractivity contribution is 0.282. The highest BCUT2D eigenvalue weighted by molar-refractivity contribution is 5.79. The summed E-state index contributed by atoms with van der Waals surface area (Å²) < 4.78 is 0. The van der Waals surface area contributed by atoms with E-state index in [4.69, 9.17) is 10.8 Å². The number of anilines is 1. The van der Waals surface area contributed by atoms with E-state index < -0.39 is 0 Å². The van der Waals surface area contributed by atoms with Gasteiger partial charge in [-0.1, -0.05) is 54.6 Å². The van der Waals surface area contributed by atoms with Crippen LogP contribution in [0.15, 0.2) is 66.9 Å². The van der Waals surface area contributed by atoms with Gasteiger partial charge in [-0.2, -0.15) is 0 Å². The average Bonchev–Trinajstić information content (AvgIpc) is 2.56. The van der Waals surface area contributed by atoms with Gasteiger partial charge in [-0.3, -0.25) is 0 Å². The number of nitrogens with two attached hydrogens (primary N) is 1. The highest BCUT2D eigenvalue weighted by Gasteiger charge is 2.07. The number of rotatable bonds is 3. The number of aliphatic hydroxyl groups excluding tert-OH is 1. The van der Waals surface area contributed by atoms with E-state index in [1.807, 2.05) is 60.7 Å². The van der Waals surface area contributed by atoms with E-state index in [9.17, 15) is 0 Å². The minimum atomic E-state index is 0.0397. The van der Waals surface area contributed by atoms with Crippen molar-refractivity contribution in [3.05, 3.63) is 72.4 Å². The van der Waals surface area contributed by atoms with Gasteiger partial charge in [-0.25, -0.2) is 4.98 Å². The fourth-order valence-electron chi connectivity index (χ4n) is 2.28. The van der Waals surface area contributed by atoms with Crippen LogP contribution in [0.5, 0.6) is 0 Å². The summed E-state index contributed by atoms with van der Waals surface area (Å²) >= 11 is 0. The van der Waals surface area contributed by atoms with Crippen LogP contribution in [0.25, 0.3) is 22.3 Å². The summed E-state index contributed by atoms with van der Waals surface area (Å²) in [5.41, 5.74) is 10.9. The summed E-state index contributed by atoms with van der Waals surface area (Å²) in [6, 6.07) is 19.8. The molecule has 21 heavy (non-hydrogen) atoms. The lowest BCUT2D eigenvalue weighted by atomic mass is 10.0. The molecule has 0 aliphatic heterocycles. The molecule has 3 rings (SSSR count). The van der Waals surface area contributed by atoms with Crippen LogP contribution in [-0.2, 0) is 6.61 Å². The quantitative estimate of drug-likeness (QED) is 0.770. The van der Waals surface area contributed by atoms with Gasteiger partial charge >= 0.3 is 0 Å². The van der Waals surface area contributed by atoms with Crippen LogP contribution in [0.4, 0.5) is 5.82 Å². The number of aliphatic hydroxyl groups is 1. The van der Waals surface area contributed by atoms with Crippen molar-refractivity contribution in [3.63, 3.8) is 0 Å². The Morgan fingerprint density at radius 3 is 2.24 bits per heavy atom. The summed E-state index contributed by atoms with van der Waals surface area (Å²) in [7, 11) is 0. The van der Waals surface area contributed by atoms with Crippen molar-refractivity contribution in [2.75, 3.05) is 5.73 Å². The zero-order valence-corrected chi connectivity index (χ0v) is 11.5. The number of nitrogens with zero attached hydrogens (tertiary/aromatic N) is 1. The highest BCUT2D eigenvalue weighted by Crippen LogP contribution is 2.29. The first-order valence-electron chi connectivity index (χ1n) is 6.79. The maximum atomic E-state index is 9.11. The second-order valence-electron chi connectivity index (χ2n) is 4.88. The maximum absolute atomic E-state index is 9.11. The molecule has 3 heteroatoms. The van der Waals surface area contributed by atoms with Gasteiger partial charge in [0.2, 0.25) is 0 Å². The Kier molecular flexibility index (Phi) is 3.67. The number of benzene rings is 2. The number of aromatic nitrogens is 1. The van der Waals surface area contributed by atoms with Gasteiger partial charge in [0.15, 0.2) is 0 Å². The first-order valence-corrected chi connectivity index (χ1v) is 6.79. The lowest BCUT2D eigenvalue weighted by Crippen LogP contribution is -1.95. The molecule has 1 aromatic heterocycles. The number of pyridine rings is 1. The molecule has 0 saturated heterocycles. The maximum Gasteiger partial charge on any atom is 0.131 e. The molecule has 3 aromatic rings. The van der Waals surface area contributed by atoms with E-state index >= 15 is 0 Å². The Morgan fingerprint density at radius 2 is 1.57 bits per heavy atom. The fraction of sp³-hybridized carbons (Fsp3) is 0.0556. The molecule has 0 radical (unpaired) electrons. The predicted molar refractivity (Wildman–Crippen MR) is 85.4 cm³/mol. The molecule has 0 bridgehead atoms. The van der Waals surface area contributed by atoms with Crippen LogP contribution in [0.1, 0.15) is 5.56 Å². The molecule has 0 amide bonds. The van der Waals surface area contributed by atoms with Gasteiger partial charge in [0, 0.05) is 17.3 Å². The van der Waals surface area contributed by atoms with Crippen molar-refractivity contribution < 1.29 is 5.11 Å². The van der Waals surface area contributed by atoms with Crippen molar-refractivity contribution in [1.29, 1.82) is 0 Å². The van der Waals surface area contributed by atoms with E-state index in [-0.39, 0.29) is 6.61 Å². The number of hydrogen-bond donors (Lipinski definition) is 2. The summed E-state index contributed by atoms with van der Waals surface area (Å²) in [6.45, 7) is 0.0397. The van der Waals surface area contributed by atoms with Crippen LogP contribution in [-0.4, -0.2) is 10.1 Å². The second kappa shape index (κ2) is 5.77. The molecule has 0 spiro atoms. The summed E-state index contributed by atoms with van der Waals surface area (Å²) in [5.74, 6) is 0.506. The molecular formula is C18H16N2O. The van der Waals surface area contributed by atoms with Crippen molar-refractivity contribution >= 4 is 5.82 Å². The third-order valence-electron chi connectivity index (χ3n) is 3.47. The fourth-order valence-corrected chi connectivity index (χ4v) is 2.28. The molecule has 2 aromatic carbocycles. The second-order valence-corrected chi connectivity index (χ2v) is 4.88. The summed E-state index contributed by atoms with van der Waals surface area (Å²) in [6.07, 6.45) is 1.79. The van der Waals surface area contributed by atoms with E-state index in [0.717, 1.165) is 27.8 Å². The monoisotopic (exact) mass is 276 g/mol. The highest BCUT2D eigenvalue weighted by atomic mass is 16.3. The molecule has 0 aliphatic carbocycles. The van der Waals surface area contributed by atoms with Gasteiger partial charge in [0.1, 0.15) is 5.82 Å². The zero-order chi connectivity index (χ0) is 14.7. The molecular weight excluding hydrogens is 260 g/mol. The Balaban J connectivity index is 2.05. The zero-order valence-electron chi connectivity index (χ0n) is 11.5. The molecule has 3 nitrogen and oxygen atoms in total. The van der Waals surface area contributed by atoms with Crippen LogP contribution in [0.3, 0.4) is 0 Å². The molecule has 0 fully saturated rings. The third kappa shape index (κ3) is 2.78. The SMILES string of the molecule is Nc1ncc(-c2ccccc2)cc1-c1ccc(CO)cc1. The average molecular weight is 276 g/mol. The van der Waals surface area contributed by atoms with Crippen molar-refractivity contribution in [1.82, 2.24) is 4.98 Å². The van der Waals surface area contributed by atoms with Gasteiger partial charge < -0.3 is 10.8 Å². The smallest absolute Gasteiger partial charge is 0.131 e. The summed E-state index contributed by atoms with van der Waals surface area (Å²) in [4.78, 5) is 4.30. The first kappa shape index (κ1) is 13.3. The standard InChI is InChI=1S/C18H16N2O/c19-18-17(15-8-6-13(12-21)7-9-15)10-16(11-20-18)14-4-2-1-3-5-14/h1-11,21H,12H2,(H2,19,20). The van der Waals surface area contributed by atoms with Crippen molar-refractivity contribution in [2.45, 2.75) is 6.61 Å². The van der Waals surface area contributed by atoms with Gasteiger partial charge in [-0.15, -0.1) is 0 Å². The minimum Gasteiger partial charge on any atom is -0.392 e. The predicted octanol–water partition coefficient (Wildman–Crippen LogP) is 3.49. The Bertz CT molecular complexity index is 737. The van der Waals surface area contributed by atoms with E-state index in [1.165, 1.54) is 0 Å². The van der Waals surface area contributed by atoms with E-state index in [1.54, 1.807) is 6.20 Å². The van der Waals surface area contributed by atoms with Gasteiger partial charge in [0.25, 0.3) is 0 Å².